The van der Waals surface area contributed by atoms with Crippen molar-refractivity contribution >= 4 is 34.9 Å². The molecule has 0 aliphatic carbocycles. The smallest absolute Gasteiger partial charge is 0.342 e. The van der Waals surface area contributed by atoms with E-state index in [2.05, 4.69) is 4.98 Å². The molecular weight excluding hydrogens is 354 g/mol. The number of oxazole rings is 1. The van der Waals surface area contributed by atoms with Crippen molar-refractivity contribution in [3.05, 3.63) is 52.9 Å². The molecule has 0 unspecified atom stereocenters. The van der Waals surface area contributed by atoms with Gasteiger partial charge >= 0.3 is 5.97 Å². The normalized spacial score (nSPS) is 11.5. The van der Waals surface area contributed by atoms with Gasteiger partial charge in [0.05, 0.1) is 13.7 Å². The molecule has 0 radical (unpaired) electrons. The molecule has 0 saturated heterocycles. The van der Waals surface area contributed by atoms with E-state index in [4.69, 9.17) is 13.9 Å². The van der Waals surface area contributed by atoms with Crippen LogP contribution in [0.5, 0.6) is 11.5 Å². The number of aromatic nitrogens is 1. The molecule has 26 heavy (non-hydrogen) atoms. The number of hydrogen-bond donors (Lipinski definition) is 1. The maximum absolute atomic E-state index is 11.6. The number of carboxylic acids is 1. The van der Waals surface area contributed by atoms with E-state index < -0.39 is 5.97 Å². The number of methoxy groups -OCH3 is 1. The van der Waals surface area contributed by atoms with Crippen LogP contribution >= 0.6 is 11.8 Å². The summed E-state index contributed by atoms with van der Waals surface area (Å²) in [6.45, 7) is 2.40. The van der Waals surface area contributed by atoms with Gasteiger partial charge in [-0.05, 0) is 54.6 Å². The quantitative estimate of drug-likeness (QED) is 0.485. The second-order valence-electron chi connectivity index (χ2n) is 5.21. The maximum atomic E-state index is 11.6. The monoisotopic (exact) mass is 371 g/mol. The van der Waals surface area contributed by atoms with E-state index in [9.17, 15) is 9.90 Å². The van der Waals surface area contributed by atoms with Crippen LogP contribution in [0.3, 0.4) is 0 Å². The fourth-order valence-corrected chi connectivity index (χ4v) is 3.07. The Morgan fingerprint density at radius 3 is 2.77 bits per heavy atom. The van der Waals surface area contributed by atoms with Gasteiger partial charge in [0.25, 0.3) is 5.22 Å². The lowest BCUT2D eigenvalue weighted by molar-refractivity contribution is -0.131. The first-order valence-corrected chi connectivity index (χ1v) is 8.71. The van der Waals surface area contributed by atoms with Crippen molar-refractivity contribution in [2.45, 2.75) is 12.1 Å². The lowest BCUT2D eigenvalue weighted by Gasteiger charge is -2.09. The van der Waals surface area contributed by atoms with Crippen molar-refractivity contribution in [3.8, 4) is 11.5 Å². The Labute approximate surface area is 154 Å². The molecule has 0 aliphatic rings. The van der Waals surface area contributed by atoms with Crippen LogP contribution in [-0.2, 0) is 4.79 Å². The molecule has 134 valence electrons. The number of para-hydroxylation sites is 2. The predicted octanol–water partition coefficient (Wildman–Crippen LogP) is 4.45. The third-order valence-electron chi connectivity index (χ3n) is 3.47. The lowest BCUT2D eigenvalue weighted by Crippen LogP contribution is -1.98. The summed E-state index contributed by atoms with van der Waals surface area (Å²) >= 11 is 0.957. The summed E-state index contributed by atoms with van der Waals surface area (Å²) in [5.74, 6) is 0.0814. The number of benzene rings is 2. The molecule has 3 rings (SSSR count). The maximum Gasteiger partial charge on any atom is 0.342 e. The van der Waals surface area contributed by atoms with Crippen molar-refractivity contribution in [2.24, 2.45) is 0 Å². The molecule has 0 fully saturated rings. The van der Waals surface area contributed by atoms with Gasteiger partial charge in [-0.2, -0.15) is 0 Å². The SMILES string of the molecule is CCOc1ccc(/C=C(\Sc2nc3ccccc3o2)C(=O)O)cc1OC. The van der Waals surface area contributed by atoms with E-state index in [0.29, 0.717) is 34.8 Å². The van der Waals surface area contributed by atoms with Gasteiger partial charge < -0.3 is 19.0 Å². The number of nitrogens with zero attached hydrogens (tertiary/aromatic N) is 1. The molecule has 1 heterocycles. The number of aliphatic carboxylic acids is 1. The molecule has 0 aliphatic heterocycles. The summed E-state index contributed by atoms with van der Waals surface area (Å²) < 4.78 is 16.4. The highest BCUT2D eigenvalue weighted by Crippen LogP contribution is 2.33. The molecular formula is C19H17NO5S. The van der Waals surface area contributed by atoms with Crippen LogP contribution in [0.1, 0.15) is 12.5 Å². The summed E-state index contributed by atoms with van der Waals surface area (Å²) in [5.41, 5.74) is 1.97. The Morgan fingerprint density at radius 1 is 1.27 bits per heavy atom. The third-order valence-corrected chi connectivity index (χ3v) is 4.33. The van der Waals surface area contributed by atoms with E-state index in [-0.39, 0.29) is 10.1 Å². The number of rotatable bonds is 7. The Bertz CT molecular complexity index is 930. The highest BCUT2D eigenvalue weighted by Gasteiger charge is 2.15. The van der Waals surface area contributed by atoms with Crippen molar-refractivity contribution in [1.29, 1.82) is 0 Å². The summed E-state index contributed by atoms with van der Waals surface area (Å²) in [4.78, 5) is 16.0. The molecule has 0 atom stereocenters. The number of ether oxygens (including phenoxy) is 2. The number of fused-ring (bicyclic) bond motifs is 1. The average molecular weight is 371 g/mol. The minimum atomic E-state index is -1.06. The van der Waals surface area contributed by atoms with Crippen LogP contribution in [0.15, 0.2) is 57.0 Å². The molecule has 7 heteroatoms. The van der Waals surface area contributed by atoms with Gasteiger partial charge in [0.2, 0.25) is 0 Å². The summed E-state index contributed by atoms with van der Waals surface area (Å²) in [6, 6.07) is 12.5. The summed E-state index contributed by atoms with van der Waals surface area (Å²) in [6.07, 6.45) is 1.54. The second kappa shape index (κ2) is 7.97. The Kier molecular flexibility index (Phi) is 5.48. The van der Waals surface area contributed by atoms with Gasteiger partial charge in [-0.1, -0.05) is 18.2 Å². The first-order chi connectivity index (χ1) is 12.6. The zero-order valence-corrected chi connectivity index (χ0v) is 15.1. The van der Waals surface area contributed by atoms with Crippen LogP contribution in [0.2, 0.25) is 0 Å². The highest BCUT2D eigenvalue weighted by molar-refractivity contribution is 8.03. The summed E-state index contributed by atoms with van der Waals surface area (Å²) in [7, 11) is 1.54. The van der Waals surface area contributed by atoms with E-state index in [0.717, 1.165) is 11.8 Å². The average Bonchev–Trinajstić information content (AvgIpc) is 3.04. The van der Waals surface area contributed by atoms with Crippen LogP contribution in [0.4, 0.5) is 0 Å². The number of carbonyl (C=O) groups is 1. The topological polar surface area (TPSA) is 81.8 Å². The van der Waals surface area contributed by atoms with Crippen molar-refractivity contribution in [3.63, 3.8) is 0 Å². The minimum absolute atomic E-state index is 0.0859. The number of carboxylic acid groups (broad SMARTS) is 1. The van der Waals surface area contributed by atoms with Crippen molar-refractivity contribution < 1.29 is 23.8 Å². The van der Waals surface area contributed by atoms with Gasteiger partial charge in [0, 0.05) is 0 Å². The molecule has 3 aromatic rings. The van der Waals surface area contributed by atoms with Crippen LogP contribution in [-0.4, -0.2) is 29.8 Å². The summed E-state index contributed by atoms with van der Waals surface area (Å²) in [5, 5.41) is 9.80. The molecule has 1 N–H and O–H groups in total. The molecule has 0 bridgehead atoms. The van der Waals surface area contributed by atoms with E-state index in [1.165, 1.54) is 7.11 Å². The molecule has 6 nitrogen and oxygen atoms in total. The predicted molar refractivity (Wildman–Crippen MR) is 99.6 cm³/mol. The van der Waals surface area contributed by atoms with Crippen LogP contribution in [0.25, 0.3) is 17.2 Å². The van der Waals surface area contributed by atoms with Crippen LogP contribution in [0, 0.1) is 0 Å². The first kappa shape index (κ1) is 17.9. The Hall–Kier alpha value is -2.93. The minimum Gasteiger partial charge on any atom is -0.493 e. The number of thioether (sulfide) groups is 1. The van der Waals surface area contributed by atoms with Gasteiger partial charge in [-0.15, -0.1) is 0 Å². The number of hydrogen-bond acceptors (Lipinski definition) is 6. The highest BCUT2D eigenvalue weighted by atomic mass is 32.2. The third kappa shape index (κ3) is 4.00. The largest absolute Gasteiger partial charge is 0.493 e. The van der Waals surface area contributed by atoms with E-state index in [1.807, 2.05) is 25.1 Å². The van der Waals surface area contributed by atoms with Crippen LogP contribution < -0.4 is 9.47 Å². The van der Waals surface area contributed by atoms with E-state index in [1.54, 1.807) is 30.3 Å². The first-order valence-electron chi connectivity index (χ1n) is 7.90. The molecule has 1 aromatic heterocycles. The standard InChI is InChI=1S/C19H17NO5S/c1-3-24-15-9-8-12(10-16(15)23-2)11-17(18(21)22)26-19-20-13-6-4-5-7-14(13)25-19/h4-11H,3H2,1-2H3,(H,21,22)/b17-11-. The Balaban J connectivity index is 1.90. The Morgan fingerprint density at radius 2 is 2.08 bits per heavy atom. The van der Waals surface area contributed by atoms with Gasteiger partial charge in [-0.25, -0.2) is 9.78 Å². The lowest BCUT2D eigenvalue weighted by atomic mass is 10.2. The molecule has 0 amide bonds. The van der Waals surface area contributed by atoms with Crippen molar-refractivity contribution in [2.75, 3.05) is 13.7 Å². The fourth-order valence-electron chi connectivity index (χ4n) is 2.32. The van der Waals surface area contributed by atoms with Gasteiger partial charge in [0.1, 0.15) is 10.4 Å². The van der Waals surface area contributed by atoms with E-state index >= 15 is 0 Å². The van der Waals surface area contributed by atoms with Gasteiger partial charge in [0.15, 0.2) is 17.1 Å². The van der Waals surface area contributed by atoms with Crippen molar-refractivity contribution in [1.82, 2.24) is 4.98 Å². The zero-order chi connectivity index (χ0) is 18.5. The fraction of sp³-hybridized carbons (Fsp3) is 0.158. The second-order valence-corrected chi connectivity index (χ2v) is 6.20. The molecule has 0 spiro atoms. The zero-order valence-electron chi connectivity index (χ0n) is 14.3. The molecule has 0 saturated carbocycles. The molecule has 2 aromatic carbocycles. The van der Waals surface area contributed by atoms with Gasteiger partial charge in [-0.3, -0.25) is 0 Å².